The summed E-state index contributed by atoms with van der Waals surface area (Å²) in [7, 11) is 0. The first-order valence-electron chi connectivity index (χ1n) is 6.40. The highest BCUT2D eigenvalue weighted by atomic mass is 35.5. The van der Waals surface area contributed by atoms with Gasteiger partial charge in [0.05, 0.1) is 11.4 Å². The summed E-state index contributed by atoms with van der Waals surface area (Å²) < 4.78 is 0. The normalized spacial score (nSPS) is 19.6. The Balaban J connectivity index is 2.07. The van der Waals surface area contributed by atoms with Gasteiger partial charge in [0, 0.05) is 12.0 Å². The van der Waals surface area contributed by atoms with Gasteiger partial charge >= 0.3 is 0 Å². The van der Waals surface area contributed by atoms with E-state index in [1.165, 1.54) is 0 Å². The second kappa shape index (κ2) is 3.93. The van der Waals surface area contributed by atoms with E-state index in [9.17, 15) is 9.59 Å². The van der Waals surface area contributed by atoms with Crippen molar-refractivity contribution in [2.45, 2.75) is 11.8 Å². The maximum atomic E-state index is 12.5. The lowest BCUT2D eigenvalue weighted by Gasteiger charge is -2.37. The maximum Gasteiger partial charge on any atom is 0.257 e. The van der Waals surface area contributed by atoms with Crippen LogP contribution >= 0.6 is 11.6 Å². The number of hydrogen-bond donors (Lipinski definition) is 0. The molecule has 4 rings (SSSR count). The number of Topliss-reactive ketones (excluding diaryl/α,β-unsaturated/α-hetero) is 1. The van der Waals surface area contributed by atoms with Gasteiger partial charge in [0.15, 0.2) is 11.2 Å². The van der Waals surface area contributed by atoms with E-state index in [4.69, 9.17) is 11.6 Å². The Kier molecular flexibility index (Phi) is 2.30. The van der Waals surface area contributed by atoms with Crippen molar-refractivity contribution in [3.63, 3.8) is 0 Å². The summed E-state index contributed by atoms with van der Waals surface area (Å²) in [6, 6.07) is 13.3. The predicted molar refractivity (Wildman–Crippen MR) is 76.8 cm³/mol. The highest BCUT2D eigenvalue weighted by Crippen LogP contribution is 2.44. The van der Waals surface area contributed by atoms with E-state index in [1.807, 2.05) is 36.4 Å². The number of benzene rings is 2. The van der Waals surface area contributed by atoms with Crippen LogP contribution in [0.4, 0.5) is 11.4 Å². The van der Waals surface area contributed by atoms with Crippen LogP contribution in [0, 0.1) is 0 Å². The molecular formula is C16H10ClNO2. The fourth-order valence-corrected chi connectivity index (χ4v) is 3.21. The summed E-state index contributed by atoms with van der Waals surface area (Å²) in [5, 5.41) is -1.14. The Morgan fingerprint density at radius 1 is 1.00 bits per heavy atom. The molecule has 2 aromatic carbocycles. The molecule has 2 aromatic rings. The Bertz CT molecular complexity index is 769. The molecule has 1 amide bonds. The second-order valence-electron chi connectivity index (χ2n) is 5.02. The number of amides is 1. The van der Waals surface area contributed by atoms with Gasteiger partial charge < -0.3 is 0 Å². The largest absolute Gasteiger partial charge is 0.292 e. The van der Waals surface area contributed by atoms with Gasteiger partial charge in [0.2, 0.25) is 0 Å². The van der Waals surface area contributed by atoms with E-state index < -0.39 is 5.38 Å². The zero-order valence-electron chi connectivity index (χ0n) is 10.5. The number of halogens is 1. The smallest absolute Gasteiger partial charge is 0.257 e. The Hall–Kier alpha value is -2.13. The Labute approximate surface area is 120 Å². The number of nitrogens with zero attached hydrogens (tertiary/aromatic N) is 1. The van der Waals surface area contributed by atoms with E-state index >= 15 is 0 Å². The Morgan fingerprint density at radius 3 is 2.60 bits per heavy atom. The van der Waals surface area contributed by atoms with Crippen molar-refractivity contribution in [1.82, 2.24) is 0 Å². The van der Waals surface area contributed by atoms with E-state index in [-0.39, 0.29) is 11.7 Å². The van der Waals surface area contributed by atoms with Crippen LogP contribution in [0.5, 0.6) is 0 Å². The third-order valence-corrected chi connectivity index (χ3v) is 4.27. The average molecular weight is 284 g/mol. The first kappa shape index (κ1) is 11.7. The number of fused-ring (bicyclic) bond motifs is 2. The molecular weight excluding hydrogens is 274 g/mol. The lowest BCUT2D eigenvalue weighted by Crippen LogP contribution is -2.44. The molecule has 0 aliphatic carbocycles. The highest BCUT2D eigenvalue weighted by Gasteiger charge is 2.42. The number of alkyl halides is 1. The van der Waals surface area contributed by atoms with E-state index in [0.717, 1.165) is 23.2 Å². The molecule has 2 aliphatic rings. The number of para-hydroxylation sites is 2. The van der Waals surface area contributed by atoms with Crippen LogP contribution in [-0.4, -0.2) is 17.1 Å². The fourth-order valence-electron chi connectivity index (χ4n) is 2.99. The van der Waals surface area contributed by atoms with Gasteiger partial charge in [-0.15, -0.1) is 11.6 Å². The van der Waals surface area contributed by atoms with Crippen LogP contribution < -0.4 is 4.90 Å². The van der Waals surface area contributed by atoms with Gasteiger partial charge in [-0.25, -0.2) is 0 Å². The van der Waals surface area contributed by atoms with Crippen molar-refractivity contribution in [2.75, 3.05) is 4.90 Å². The zero-order valence-corrected chi connectivity index (χ0v) is 11.2. The molecule has 1 atom stereocenters. The summed E-state index contributed by atoms with van der Waals surface area (Å²) in [6.45, 7) is 0. The molecule has 0 aromatic heterocycles. The second-order valence-corrected chi connectivity index (χ2v) is 5.46. The minimum atomic E-state index is -1.14. The minimum absolute atomic E-state index is 0.302. The summed E-state index contributed by atoms with van der Waals surface area (Å²) >= 11 is 6.02. The summed E-state index contributed by atoms with van der Waals surface area (Å²) in [6.07, 6.45) is 0.726. The molecule has 0 saturated carbocycles. The molecule has 2 aliphatic heterocycles. The summed E-state index contributed by atoms with van der Waals surface area (Å²) in [4.78, 5) is 26.2. The molecule has 1 unspecified atom stereocenters. The van der Waals surface area contributed by atoms with Crippen molar-refractivity contribution in [1.29, 1.82) is 0 Å². The average Bonchev–Trinajstić information content (AvgIpc) is 2.48. The number of ketones is 1. The molecule has 2 heterocycles. The minimum Gasteiger partial charge on any atom is -0.292 e. The third-order valence-electron chi connectivity index (χ3n) is 3.89. The number of rotatable bonds is 0. The topological polar surface area (TPSA) is 37.4 Å². The molecule has 0 saturated heterocycles. The molecule has 0 bridgehead atoms. The number of carbonyl (C=O) groups is 2. The van der Waals surface area contributed by atoms with Crippen LogP contribution in [0.3, 0.4) is 0 Å². The lowest BCUT2D eigenvalue weighted by molar-refractivity contribution is -0.117. The van der Waals surface area contributed by atoms with Gasteiger partial charge in [-0.1, -0.05) is 30.3 Å². The first-order chi connectivity index (χ1) is 9.68. The van der Waals surface area contributed by atoms with Crippen LogP contribution in [0.25, 0.3) is 0 Å². The number of hydrogen-bond acceptors (Lipinski definition) is 2. The van der Waals surface area contributed by atoms with Crippen molar-refractivity contribution >= 4 is 34.7 Å². The Morgan fingerprint density at radius 2 is 1.75 bits per heavy atom. The first-order valence-corrected chi connectivity index (χ1v) is 6.84. The van der Waals surface area contributed by atoms with Crippen molar-refractivity contribution < 1.29 is 9.59 Å². The highest BCUT2D eigenvalue weighted by molar-refractivity contribution is 6.49. The molecule has 0 spiro atoms. The van der Waals surface area contributed by atoms with Gasteiger partial charge in [0.25, 0.3) is 5.91 Å². The van der Waals surface area contributed by atoms with E-state index in [1.54, 1.807) is 11.0 Å². The van der Waals surface area contributed by atoms with Gasteiger partial charge in [0.1, 0.15) is 0 Å². The van der Waals surface area contributed by atoms with Gasteiger partial charge in [-0.2, -0.15) is 0 Å². The van der Waals surface area contributed by atoms with Crippen LogP contribution in [0.15, 0.2) is 42.5 Å². The molecule has 0 N–H and O–H groups in total. The lowest BCUT2D eigenvalue weighted by atomic mass is 9.88. The maximum absolute atomic E-state index is 12.5. The molecule has 20 heavy (non-hydrogen) atoms. The summed E-state index contributed by atoms with van der Waals surface area (Å²) in [5.41, 5.74) is 4.14. The number of carbonyl (C=O) groups excluding carboxylic acids is 2. The third kappa shape index (κ3) is 1.36. The van der Waals surface area contributed by atoms with Gasteiger partial charge in [-0.3, -0.25) is 14.5 Å². The molecule has 0 fully saturated rings. The van der Waals surface area contributed by atoms with E-state index in [0.29, 0.717) is 11.3 Å². The number of anilines is 2. The van der Waals surface area contributed by atoms with Crippen molar-refractivity contribution in [3.8, 4) is 0 Å². The van der Waals surface area contributed by atoms with Crippen molar-refractivity contribution in [3.05, 3.63) is 59.2 Å². The monoisotopic (exact) mass is 283 g/mol. The van der Waals surface area contributed by atoms with Crippen LogP contribution in [0.2, 0.25) is 0 Å². The quantitative estimate of drug-likeness (QED) is 0.550. The van der Waals surface area contributed by atoms with E-state index in [2.05, 4.69) is 0 Å². The fraction of sp³-hybridized carbons (Fsp3) is 0.125. The van der Waals surface area contributed by atoms with Crippen LogP contribution in [0.1, 0.15) is 21.5 Å². The predicted octanol–water partition coefficient (Wildman–Crippen LogP) is 3.06. The summed E-state index contributed by atoms with van der Waals surface area (Å²) in [5.74, 6) is -0.659. The van der Waals surface area contributed by atoms with Gasteiger partial charge in [-0.05, 0) is 23.3 Å². The zero-order chi connectivity index (χ0) is 13.9. The molecule has 4 heteroatoms. The van der Waals surface area contributed by atoms with Crippen molar-refractivity contribution in [2.24, 2.45) is 0 Å². The molecule has 0 radical (unpaired) electrons. The standard InChI is InChI=1S/C16H10ClNO2/c17-13-15(19)11-6-3-5-10-8-9-4-1-2-7-12(9)18(14(10)11)16(13)20/h1-7,13H,8H2. The molecule has 3 nitrogen and oxygen atoms in total. The van der Waals surface area contributed by atoms with Crippen LogP contribution in [-0.2, 0) is 11.2 Å². The SMILES string of the molecule is O=C1c2cccc3c2N(C(=O)C1Cl)c1ccccc1C3. The molecule has 98 valence electrons.